The number of amides is 2. The van der Waals surface area contributed by atoms with Gasteiger partial charge in [-0.15, -0.1) is 0 Å². The number of non-ortho nitro benzene ring substituents is 1. The van der Waals surface area contributed by atoms with E-state index in [1.165, 1.54) is 0 Å². The van der Waals surface area contributed by atoms with Crippen LogP contribution in [-0.2, 0) is 32.5 Å². The number of hydrogen-bond donors (Lipinski definition) is 3. The van der Waals surface area contributed by atoms with Crippen LogP contribution in [0.5, 0.6) is 0 Å². The Labute approximate surface area is 238 Å². The quantitative estimate of drug-likeness (QED) is 0.219. The number of carbonyl (C=O) groups is 2. The fraction of sp³-hybridized carbons (Fsp3) is 0.310. The lowest BCUT2D eigenvalue weighted by molar-refractivity contribution is -0.384. The molecule has 1 unspecified atom stereocenters. The van der Waals surface area contributed by atoms with E-state index in [-0.39, 0.29) is 36.5 Å². The number of sulfonamides is 1. The van der Waals surface area contributed by atoms with Crippen molar-refractivity contribution >= 4 is 27.5 Å². The maximum Gasteiger partial charge on any atom is 0.269 e. The number of aliphatic hydroxyl groups is 1. The Morgan fingerprint density at radius 2 is 1.59 bits per heavy atom. The van der Waals surface area contributed by atoms with Crippen LogP contribution in [-0.4, -0.2) is 65.8 Å². The van der Waals surface area contributed by atoms with Gasteiger partial charge in [-0.25, -0.2) is 8.42 Å². The molecule has 0 saturated carbocycles. The number of carbonyl (C=O) groups excluding carboxylic acids is 2. The number of rotatable bonds is 12. The second-order valence-corrected chi connectivity index (χ2v) is 11.7. The highest BCUT2D eigenvalue weighted by Gasteiger charge is 2.41. The van der Waals surface area contributed by atoms with E-state index in [1.54, 1.807) is 24.3 Å². The standard InChI is InChI=1S/C29H32N4O7S/c34-27(29(36)30-18-17-21-8-3-1-4-9-21)25(20-22-10-5-2-6-11-22)31-28(35)26-12-7-19-32(26)41(39,40)24-15-13-23(14-16-24)33(37)38/h1-6,8-11,13-16,25-27,34H,7,12,17-20H2,(H,30,36)(H,31,35)/t25-,26+,27?/m0/s1. The normalized spacial score (nSPS) is 17.0. The van der Waals surface area contributed by atoms with Crippen molar-refractivity contribution in [3.05, 3.63) is 106 Å². The average molecular weight is 581 g/mol. The van der Waals surface area contributed by atoms with E-state index in [0.29, 0.717) is 12.8 Å². The van der Waals surface area contributed by atoms with E-state index in [4.69, 9.17) is 0 Å². The van der Waals surface area contributed by atoms with Crippen molar-refractivity contribution < 1.29 is 28.0 Å². The summed E-state index contributed by atoms with van der Waals surface area (Å²) in [5.41, 5.74) is 1.54. The Morgan fingerprint density at radius 1 is 0.976 bits per heavy atom. The predicted octanol–water partition coefficient (Wildman–Crippen LogP) is 2.20. The molecule has 41 heavy (non-hydrogen) atoms. The molecule has 0 spiro atoms. The lowest BCUT2D eigenvalue weighted by Crippen LogP contribution is -2.55. The van der Waals surface area contributed by atoms with Crippen LogP contribution in [0.3, 0.4) is 0 Å². The monoisotopic (exact) mass is 580 g/mol. The van der Waals surface area contributed by atoms with Crippen LogP contribution in [0, 0.1) is 10.1 Å². The van der Waals surface area contributed by atoms with Gasteiger partial charge in [-0.2, -0.15) is 4.31 Å². The number of nitrogens with one attached hydrogen (secondary N) is 2. The van der Waals surface area contributed by atoms with Crippen LogP contribution in [0.1, 0.15) is 24.0 Å². The fourth-order valence-corrected chi connectivity index (χ4v) is 6.47. The summed E-state index contributed by atoms with van der Waals surface area (Å²) in [7, 11) is -4.14. The van der Waals surface area contributed by atoms with E-state index >= 15 is 0 Å². The van der Waals surface area contributed by atoms with Gasteiger partial charge in [0, 0.05) is 25.2 Å². The zero-order valence-corrected chi connectivity index (χ0v) is 23.1. The van der Waals surface area contributed by atoms with Crippen molar-refractivity contribution in [2.24, 2.45) is 0 Å². The molecule has 3 aromatic carbocycles. The van der Waals surface area contributed by atoms with Crippen molar-refractivity contribution in [2.45, 2.75) is 48.8 Å². The summed E-state index contributed by atoms with van der Waals surface area (Å²) in [6.45, 7) is 0.374. The molecule has 0 bridgehead atoms. The maximum absolute atomic E-state index is 13.5. The number of nitrogens with zero attached hydrogens (tertiary/aromatic N) is 2. The third kappa shape index (κ3) is 7.54. The molecule has 1 heterocycles. The highest BCUT2D eigenvalue weighted by atomic mass is 32.2. The molecular weight excluding hydrogens is 548 g/mol. The van der Waals surface area contributed by atoms with Crippen molar-refractivity contribution in [1.29, 1.82) is 0 Å². The fourth-order valence-electron chi connectivity index (χ4n) is 4.82. The van der Waals surface area contributed by atoms with Gasteiger partial charge in [0.05, 0.1) is 15.9 Å². The number of nitro benzene ring substituents is 1. The third-order valence-corrected chi connectivity index (χ3v) is 8.91. The molecule has 3 N–H and O–H groups in total. The van der Waals surface area contributed by atoms with Crippen molar-refractivity contribution in [3.8, 4) is 0 Å². The molecule has 3 aromatic rings. The van der Waals surface area contributed by atoms with E-state index in [2.05, 4.69) is 10.6 Å². The van der Waals surface area contributed by atoms with E-state index in [1.807, 2.05) is 36.4 Å². The van der Waals surface area contributed by atoms with Gasteiger partial charge in [0.25, 0.3) is 11.6 Å². The summed E-state index contributed by atoms with van der Waals surface area (Å²) in [5, 5.41) is 27.4. The van der Waals surface area contributed by atoms with Gasteiger partial charge < -0.3 is 15.7 Å². The summed E-state index contributed by atoms with van der Waals surface area (Å²) in [5.74, 6) is -1.28. The molecule has 2 amide bonds. The zero-order valence-electron chi connectivity index (χ0n) is 22.3. The largest absolute Gasteiger partial charge is 0.381 e. The molecule has 1 aliphatic heterocycles. The molecule has 1 saturated heterocycles. The Hall–Kier alpha value is -4.13. The van der Waals surface area contributed by atoms with E-state index in [0.717, 1.165) is 39.7 Å². The molecule has 4 rings (SSSR count). The Kier molecular flexibility index (Phi) is 9.82. The van der Waals surface area contributed by atoms with Crippen LogP contribution in [0.2, 0.25) is 0 Å². The number of nitro groups is 1. The molecule has 1 aliphatic rings. The number of hydrogen-bond acceptors (Lipinski definition) is 7. The molecular formula is C29H32N4O7S. The van der Waals surface area contributed by atoms with Gasteiger partial charge in [0.2, 0.25) is 15.9 Å². The molecule has 216 valence electrons. The Morgan fingerprint density at radius 3 is 2.20 bits per heavy atom. The second-order valence-electron chi connectivity index (χ2n) is 9.80. The maximum atomic E-state index is 13.5. The van der Waals surface area contributed by atoms with Gasteiger partial charge >= 0.3 is 0 Å². The molecule has 0 aliphatic carbocycles. The summed E-state index contributed by atoms with van der Waals surface area (Å²) < 4.78 is 27.8. The Balaban J connectivity index is 1.47. The first-order valence-corrected chi connectivity index (χ1v) is 14.7. The average Bonchev–Trinajstić information content (AvgIpc) is 3.49. The van der Waals surface area contributed by atoms with Crippen LogP contribution < -0.4 is 10.6 Å². The van der Waals surface area contributed by atoms with Crippen LogP contribution in [0.15, 0.2) is 89.8 Å². The van der Waals surface area contributed by atoms with Crippen molar-refractivity contribution in [2.75, 3.05) is 13.1 Å². The number of aliphatic hydroxyl groups excluding tert-OH is 1. The van der Waals surface area contributed by atoms with Crippen LogP contribution in [0.25, 0.3) is 0 Å². The minimum atomic E-state index is -4.14. The number of benzene rings is 3. The molecule has 0 aromatic heterocycles. The first-order valence-electron chi connectivity index (χ1n) is 13.3. The molecule has 12 heteroatoms. The predicted molar refractivity (Wildman–Crippen MR) is 151 cm³/mol. The van der Waals surface area contributed by atoms with Gasteiger partial charge in [0.15, 0.2) is 6.10 Å². The first kappa shape index (κ1) is 29.8. The van der Waals surface area contributed by atoms with E-state index < -0.39 is 44.9 Å². The van der Waals surface area contributed by atoms with E-state index in [9.17, 15) is 33.2 Å². The topological polar surface area (TPSA) is 159 Å². The van der Waals surface area contributed by atoms with Crippen LogP contribution in [0.4, 0.5) is 5.69 Å². The summed E-state index contributed by atoms with van der Waals surface area (Å²) in [6.07, 6.45) is -0.212. The highest BCUT2D eigenvalue weighted by molar-refractivity contribution is 7.89. The zero-order chi connectivity index (χ0) is 29.4. The lowest BCUT2D eigenvalue weighted by Gasteiger charge is -2.28. The van der Waals surface area contributed by atoms with Gasteiger partial charge in [-0.3, -0.25) is 19.7 Å². The minimum Gasteiger partial charge on any atom is -0.381 e. The Bertz CT molecular complexity index is 1450. The highest BCUT2D eigenvalue weighted by Crippen LogP contribution is 2.27. The molecule has 0 radical (unpaired) electrons. The summed E-state index contributed by atoms with van der Waals surface area (Å²) >= 11 is 0. The first-order chi connectivity index (χ1) is 19.7. The SMILES string of the molecule is O=C(NCCc1ccccc1)C(O)[C@H](Cc1ccccc1)NC(=O)[C@H]1CCCN1S(=O)(=O)c1ccc([N+](=O)[O-])cc1. The minimum absolute atomic E-state index is 0.0866. The van der Waals surface area contributed by atoms with Crippen LogP contribution >= 0.6 is 0 Å². The third-order valence-electron chi connectivity index (χ3n) is 6.99. The lowest BCUT2D eigenvalue weighted by atomic mass is 10.00. The van der Waals surface area contributed by atoms with Crippen molar-refractivity contribution in [3.63, 3.8) is 0 Å². The summed E-state index contributed by atoms with van der Waals surface area (Å²) in [4.78, 5) is 36.5. The molecule has 3 atom stereocenters. The molecule has 11 nitrogen and oxygen atoms in total. The van der Waals surface area contributed by atoms with Gasteiger partial charge in [-0.1, -0.05) is 60.7 Å². The second kappa shape index (κ2) is 13.5. The molecule has 1 fully saturated rings. The van der Waals surface area contributed by atoms with Gasteiger partial charge in [0.1, 0.15) is 6.04 Å². The smallest absolute Gasteiger partial charge is 0.269 e. The van der Waals surface area contributed by atoms with Gasteiger partial charge in [-0.05, 0) is 48.9 Å². The van der Waals surface area contributed by atoms with Crippen molar-refractivity contribution in [1.82, 2.24) is 14.9 Å². The summed E-state index contributed by atoms with van der Waals surface area (Å²) in [6, 6.07) is 21.0.